The molecule has 0 spiro atoms. The molecule has 1 amide bonds. The summed E-state index contributed by atoms with van der Waals surface area (Å²) in [6, 6.07) is 13.5. The van der Waals surface area contributed by atoms with Gasteiger partial charge in [-0.05, 0) is 63.1 Å². The third kappa shape index (κ3) is 5.52. The zero-order valence-electron chi connectivity index (χ0n) is 17.3. The van der Waals surface area contributed by atoms with Crippen LogP contribution in [0.15, 0.2) is 53.4 Å². The van der Waals surface area contributed by atoms with Gasteiger partial charge in [0, 0.05) is 13.1 Å². The highest BCUT2D eigenvalue weighted by Gasteiger charge is 2.26. The molecule has 1 aliphatic rings. The van der Waals surface area contributed by atoms with Crippen LogP contribution in [-0.2, 0) is 10.0 Å². The summed E-state index contributed by atoms with van der Waals surface area (Å²) in [5.41, 5.74) is 0.475. The molecular weight excluding hydrogens is 404 g/mol. The number of hydrogen-bond donors (Lipinski definition) is 1. The summed E-state index contributed by atoms with van der Waals surface area (Å²) in [5, 5.41) is 2.81. The predicted molar refractivity (Wildman–Crippen MR) is 114 cm³/mol. The van der Waals surface area contributed by atoms with Gasteiger partial charge in [-0.25, -0.2) is 8.42 Å². The van der Waals surface area contributed by atoms with Gasteiger partial charge in [-0.1, -0.05) is 12.1 Å². The first kappa shape index (κ1) is 22.1. The fourth-order valence-electron chi connectivity index (χ4n) is 3.22. The number of rotatable bonds is 9. The van der Waals surface area contributed by atoms with Crippen molar-refractivity contribution in [2.75, 3.05) is 26.2 Å². The lowest BCUT2D eigenvalue weighted by molar-refractivity contribution is 0.0941. The molecule has 3 rings (SSSR count). The smallest absolute Gasteiger partial charge is 0.255 e. The second kappa shape index (κ2) is 9.95. The molecule has 1 aliphatic heterocycles. The average Bonchev–Trinajstić information content (AvgIpc) is 3.27. The highest BCUT2D eigenvalue weighted by molar-refractivity contribution is 7.89. The van der Waals surface area contributed by atoms with Crippen LogP contribution in [0.1, 0.15) is 37.0 Å². The molecule has 0 atom stereocenters. The van der Waals surface area contributed by atoms with Crippen LogP contribution in [0, 0.1) is 0 Å². The fraction of sp³-hybridized carbons (Fsp3) is 0.409. The first-order valence-electron chi connectivity index (χ1n) is 10.1. The van der Waals surface area contributed by atoms with Crippen molar-refractivity contribution in [2.45, 2.75) is 37.7 Å². The van der Waals surface area contributed by atoms with E-state index in [1.807, 2.05) is 19.9 Å². The lowest BCUT2D eigenvalue weighted by Gasteiger charge is -2.16. The van der Waals surface area contributed by atoms with Gasteiger partial charge >= 0.3 is 0 Å². The number of ether oxygens (including phenoxy) is 2. The van der Waals surface area contributed by atoms with Crippen molar-refractivity contribution in [1.82, 2.24) is 9.62 Å². The Morgan fingerprint density at radius 1 is 1.07 bits per heavy atom. The maximum absolute atomic E-state index is 12.5. The summed E-state index contributed by atoms with van der Waals surface area (Å²) in [6.07, 6.45) is 1.78. The summed E-state index contributed by atoms with van der Waals surface area (Å²) < 4.78 is 37.9. The molecule has 1 fully saturated rings. The van der Waals surface area contributed by atoms with Gasteiger partial charge in [-0.2, -0.15) is 4.31 Å². The van der Waals surface area contributed by atoms with Crippen molar-refractivity contribution >= 4 is 15.9 Å². The molecule has 1 heterocycles. The number of carbonyl (C=O) groups excluding carboxylic acids is 1. The fourth-order valence-corrected chi connectivity index (χ4v) is 4.74. The van der Waals surface area contributed by atoms with E-state index in [1.165, 1.54) is 4.31 Å². The summed E-state index contributed by atoms with van der Waals surface area (Å²) in [6.45, 7) is 5.53. The van der Waals surface area contributed by atoms with Gasteiger partial charge in [0.25, 0.3) is 5.91 Å². The maximum Gasteiger partial charge on any atom is 0.255 e. The predicted octanol–water partition coefficient (Wildman–Crippen LogP) is 3.07. The Morgan fingerprint density at radius 3 is 2.40 bits per heavy atom. The number of sulfonamides is 1. The van der Waals surface area contributed by atoms with Gasteiger partial charge < -0.3 is 14.8 Å². The van der Waals surface area contributed by atoms with Gasteiger partial charge in [0.15, 0.2) is 0 Å². The molecule has 0 aliphatic carbocycles. The first-order chi connectivity index (χ1) is 14.4. The lowest BCUT2D eigenvalue weighted by Crippen LogP contribution is -2.29. The van der Waals surface area contributed by atoms with E-state index in [2.05, 4.69) is 5.32 Å². The zero-order chi connectivity index (χ0) is 21.6. The Hall–Kier alpha value is -2.58. The number of benzene rings is 2. The Bertz CT molecular complexity index is 952. The molecule has 0 unspecified atom stereocenters. The van der Waals surface area contributed by atoms with Gasteiger partial charge in [0.05, 0.1) is 23.1 Å². The largest absolute Gasteiger partial charge is 0.492 e. The Morgan fingerprint density at radius 2 is 1.73 bits per heavy atom. The number of nitrogens with zero attached hydrogens (tertiary/aromatic N) is 1. The quantitative estimate of drug-likeness (QED) is 0.616. The van der Waals surface area contributed by atoms with E-state index in [4.69, 9.17) is 9.47 Å². The second-order valence-electron chi connectivity index (χ2n) is 7.35. The van der Waals surface area contributed by atoms with E-state index >= 15 is 0 Å². The van der Waals surface area contributed by atoms with Crippen molar-refractivity contribution < 1.29 is 22.7 Å². The van der Waals surface area contributed by atoms with E-state index in [-0.39, 0.29) is 23.5 Å². The average molecular weight is 433 g/mol. The highest BCUT2D eigenvalue weighted by atomic mass is 32.2. The SMILES string of the molecule is CC(C)Oc1ccccc1C(=O)NCCOc1ccc(S(=O)(=O)N2CCCC2)cc1. The number of para-hydroxylation sites is 1. The lowest BCUT2D eigenvalue weighted by atomic mass is 10.2. The van der Waals surface area contributed by atoms with E-state index in [9.17, 15) is 13.2 Å². The molecule has 0 bridgehead atoms. The maximum atomic E-state index is 12.5. The topological polar surface area (TPSA) is 84.9 Å². The molecule has 1 saturated heterocycles. The van der Waals surface area contributed by atoms with Crippen molar-refractivity contribution in [3.63, 3.8) is 0 Å². The molecule has 2 aromatic carbocycles. The highest BCUT2D eigenvalue weighted by Crippen LogP contribution is 2.23. The van der Waals surface area contributed by atoms with Gasteiger partial charge in [0.1, 0.15) is 18.1 Å². The van der Waals surface area contributed by atoms with Crippen molar-refractivity contribution in [3.05, 3.63) is 54.1 Å². The molecule has 8 heteroatoms. The van der Waals surface area contributed by atoms with Crippen LogP contribution >= 0.6 is 0 Å². The molecule has 1 N–H and O–H groups in total. The molecule has 7 nitrogen and oxygen atoms in total. The number of amides is 1. The van der Waals surface area contributed by atoms with Crippen LogP contribution in [0.25, 0.3) is 0 Å². The van der Waals surface area contributed by atoms with Crippen molar-refractivity contribution in [1.29, 1.82) is 0 Å². The molecule has 0 aromatic heterocycles. The van der Waals surface area contributed by atoms with E-state index in [1.54, 1.807) is 42.5 Å². The van der Waals surface area contributed by atoms with E-state index < -0.39 is 10.0 Å². The molecular formula is C22H28N2O5S. The zero-order valence-corrected chi connectivity index (χ0v) is 18.2. The third-order valence-electron chi connectivity index (χ3n) is 4.68. The van der Waals surface area contributed by atoms with Crippen LogP contribution < -0.4 is 14.8 Å². The van der Waals surface area contributed by atoms with Gasteiger partial charge in [-0.15, -0.1) is 0 Å². The van der Waals surface area contributed by atoms with E-state index in [0.29, 0.717) is 36.7 Å². The third-order valence-corrected chi connectivity index (χ3v) is 6.59. The molecule has 30 heavy (non-hydrogen) atoms. The summed E-state index contributed by atoms with van der Waals surface area (Å²) >= 11 is 0. The van der Waals surface area contributed by atoms with Crippen LogP contribution in [0.5, 0.6) is 11.5 Å². The monoisotopic (exact) mass is 432 g/mol. The Balaban J connectivity index is 1.50. The Labute approximate surface area is 178 Å². The summed E-state index contributed by atoms with van der Waals surface area (Å²) in [7, 11) is -3.43. The molecule has 162 valence electrons. The van der Waals surface area contributed by atoms with Gasteiger partial charge in [-0.3, -0.25) is 4.79 Å². The minimum absolute atomic E-state index is 0.0282. The van der Waals surface area contributed by atoms with E-state index in [0.717, 1.165) is 12.8 Å². The van der Waals surface area contributed by atoms with Gasteiger partial charge in [0.2, 0.25) is 10.0 Å². The molecule has 2 aromatic rings. The van der Waals surface area contributed by atoms with Crippen molar-refractivity contribution in [3.8, 4) is 11.5 Å². The summed E-state index contributed by atoms with van der Waals surface area (Å²) in [4.78, 5) is 12.7. The Kier molecular flexibility index (Phi) is 7.33. The van der Waals surface area contributed by atoms with Crippen molar-refractivity contribution in [2.24, 2.45) is 0 Å². The van der Waals surface area contributed by atoms with Crippen LogP contribution in [-0.4, -0.2) is 51.0 Å². The molecule has 0 radical (unpaired) electrons. The minimum atomic E-state index is -3.43. The molecule has 0 saturated carbocycles. The number of carbonyl (C=O) groups is 1. The normalized spacial score (nSPS) is 14.6. The standard InChI is InChI=1S/C22H28N2O5S/c1-17(2)29-21-8-4-3-7-20(21)22(25)23-13-16-28-18-9-11-19(12-10-18)30(26,27)24-14-5-6-15-24/h3-4,7-12,17H,5-6,13-16H2,1-2H3,(H,23,25). The second-order valence-corrected chi connectivity index (χ2v) is 9.29. The number of nitrogens with one attached hydrogen (secondary N) is 1. The minimum Gasteiger partial charge on any atom is -0.492 e. The van der Waals surface area contributed by atoms with Crippen LogP contribution in [0.3, 0.4) is 0 Å². The number of hydrogen-bond acceptors (Lipinski definition) is 5. The van der Waals surface area contributed by atoms with Crippen LogP contribution in [0.2, 0.25) is 0 Å². The first-order valence-corrected chi connectivity index (χ1v) is 11.6. The van der Waals surface area contributed by atoms with Crippen LogP contribution in [0.4, 0.5) is 0 Å². The summed E-state index contributed by atoms with van der Waals surface area (Å²) in [5.74, 6) is 0.857.